The lowest BCUT2D eigenvalue weighted by molar-refractivity contribution is 0.273. The van der Waals surface area contributed by atoms with Crippen LogP contribution in [0.25, 0.3) is 0 Å². The molecule has 1 heterocycles. The van der Waals surface area contributed by atoms with Crippen LogP contribution in [0.1, 0.15) is 11.4 Å². The Morgan fingerprint density at radius 1 is 1.56 bits per heavy atom. The van der Waals surface area contributed by atoms with E-state index in [9.17, 15) is 8.42 Å². The molecule has 0 atom stereocenters. The number of nitrogens with zero attached hydrogens (tertiary/aromatic N) is 1. The lowest BCUT2D eigenvalue weighted by Gasteiger charge is -2.06. The van der Waals surface area contributed by atoms with Gasteiger partial charge in [0.25, 0.3) is 0 Å². The summed E-state index contributed by atoms with van der Waals surface area (Å²) in [6, 6.07) is 0. The number of sulfonamides is 1. The molecule has 1 aromatic rings. The highest BCUT2D eigenvalue weighted by Gasteiger charge is 2.23. The van der Waals surface area contributed by atoms with Crippen molar-refractivity contribution >= 4 is 21.8 Å². The number of aliphatic hydroxyl groups excluding tert-OH is 1. The fraction of sp³-hybridized carbons (Fsp3) is 0.625. The third-order valence-electron chi connectivity index (χ3n) is 1.98. The molecule has 0 radical (unpaired) electrons. The Morgan fingerprint density at radius 3 is 2.81 bits per heavy atom. The van der Waals surface area contributed by atoms with Crippen LogP contribution in [0.2, 0.25) is 0 Å². The molecule has 0 saturated heterocycles. The molecule has 0 unspecified atom stereocenters. The van der Waals surface area contributed by atoms with Crippen molar-refractivity contribution in [3.63, 3.8) is 0 Å². The molecular weight excluding hydrogens is 250 g/mol. The maximum atomic E-state index is 11.9. The van der Waals surface area contributed by atoms with Gasteiger partial charge >= 0.3 is 0 Å². The number of nitrogens with one attached hydrogen (secondary N) is 2. The highest BCUT2D eigenvalue weighted by Crippen LogP contribution is 2.17. The Kier molecular flexibility index (Phi) is 4.78. The average molecular weight is 265 g/mol. The first-order valence-corrected chi connectivity index (χ1v) is 7.54. The molecule has 16 heavy (non-hydrogen) atoms. The van der Waals surface area contributed by atoms with E-state index >= 15 is 0 Å². The number of aliphatic hydroxyl groups is 1. The van der Waals surface area contributed by atoms with Crippen molar-refractivity contribution in [3.8, 4) is 0 Å². The van der Waals surface area contributed by atoms with Gasteiger partial charge < -0.3 is 5.11 Å². The summed E-state index contributed by atoms with van der Waals surface area (Å²) >= 11 is 1.55. The Morgan fingerprint density at radius 2 is 2.25 bits per heavy atom. The van der Waals surface area contributed by atoms with Crippen molar-refractivity contribution in [1.82, 2.24) is 14.9 Å². The first-order valence-electron chi connectivity index (χ1n) is 4.66. The molecule has 92 valence electrons. The normalized spacial score (nSPS) is 11.9. The van der Waals surface area contributed by atoms with E-state index in [1.165, 1.54) is 0 Å². The number of aromatic amines is 1. The van der Waals surface area contributed by atoms with E-state index < -0.39 is 16.6 Å². The van der Waals surface area contributed by atoms with Crippen LogP contribution in [0, 0.1) is 6.92 Å². The quantitative estimate of drug-likeness (QED) is 0.622. The lowest BCUT2D eigenvalue weighted by Crippen LogP contribution is -2.27. The largest absolute Gasteiger partial charge is 0.390 e. The van der Waals surface area contributed by atoms with Crippen LogP contribution in [0.5, 0.6) is 0 Å². The van der Waals surface area contributed by atoms with Gasteiger partial charge in [-0.15, -0.1) is 0 Å². The van der Waals surface area contributed by atoms with E-state index in [0.717, 1.165) is 0 Å². The molecular formula is C8H15N3O3S2. The molecule has 6 nitrogen and oxygen atoms in total. The Labute approximate surface area is 98.9 Å². The Bertz CT molecular complexity index is 441. The van der Waals surface area contributed by atoms with Gasteiger partial charge in [0.1, 0.15) is 10.6 Å². The number of hydrogen-bond acceptors (Lipinski definition) is 5. The van der Waals surface area contributed by atoms with Crippen LogP contribution >= 0.6 is 11.8 Å². The number of aryl methyl sites for hydroxylation is 1. The predicted molar refractivity (Wildman–Crippen MR) is 62.8 cm³/mol. The van der Waals surface area contributed by atoms with Crippen molar-refractivity contribution in [2.75, 3.05) is 18.6 Å². The number of thioether (sulfide) groups is 1. The molecule has 0 aliphatic rings. The second-order valence-electron chi connectivity index (χ2n) is 3.17. The van der Waals surface area contributed by atoms with E-state index in [-0.39, 0.29) is 10.6 Å². The van der Waals surface area contributed by atoms with Gasteiger partial charge in [-0.2, -0.15) is 16.9 Å². The first-order chi connectivity index (χ1) is 7.53. The highest BCUT2D eigenvalue weighted by atomic mass is 32.2. The SMILES string of the molecule is CSCCNS(=O)(=O)c1c(CO)n[nH]c1C. The van der Waals surface area contributed by atoms with E-state index in [4.69, 9.17) is 5.11 Å². The van der Waals surface area contributed by atoms with Gasteiger partial charge in [-0.1, -0.05) is 0 Å². The van der Waals surface area contributed by atoms with E-state index in [1.54, 1.807) is 18.7 Å². The predicted octanol–water partition coefficient (Wildman–Crippen LogP) is -0.148. The molecule has 1 rings (SSSR count). The van der Waals surface area contributed by atoms with Crippen LogP contribution in [0.15, 0.2) is 4.90 Å². The van der Waals surface area contributed by atoms with Crippen LogP contribution in [-0.4, -0.2) is 42.3 Å². The molecule has 0 fully saturated rings. The average Bonchev–Trinajstić information content (AvgIpc) is 2.60. The number of rotatable bonds is 6. The monoisotopic (exact) mass is 265 g/mol. The topological polar surface area (TPSA) is 95.1 Å². The third-order valence-corrected chi connectivity index (χ3v) is 4.25. The zero-order valence-corrected chi connectivity index (χ0v) is 10.8. The minimum absolute atomic E-state index is 0.0519. The molecule has 3 N–H and O–H groups in total. The maximum absolute atomic E-state index is 11.9. The van der Waals surface area contributed by atoms with Gasteiger partial charge in [-0.3, -0.25) is 5.10 Å². The van der Waals surface area contributed by atoms with Gasteiger partial charge in [0.15, 0.2) is 0 Å². The van der Waals surface area contributed by atoms with Crippen molar-refractivity contribution in [3.05, 3.63) is 11.4 Å². The second kappa shape index (κ2) is 5.67. The van der Waals surface area contributed by atoms with Gasteiger partial charge in [0, 0.05) is 12.3 Å². The Balaban J connectivity index is 2.93. The van der Waals surface area contributed by atoms with Gasteiger partial charge in [-0.05, 0) is 13.2 Å². The summed E-state index contributed by atoms with van der Waals surface area (Å²) in [6.07, 6.45) is 1.90. The van der Waals surface area contributed by atoms with E-state index in [2.05, 4.69) is 14.9 Å². The van der Waals surface area contributed by atoms with Crippen LogP contribution in [0.4, 0.5) is 0 Å². The molecule has 0 amide bonds. The molecule has 0 bridgehead atoms. The summed E-state index contributed by atoms with van der Waals surface area (Å²) in [7, 11) is -3.58. The number of H-pyrrole nitrogens is 1. The van der Waals surface area contributed by atoms with Crippen molar-refractivity contribution in [2.45, 2.75) is 18.4 Å². The molecule has 0 aromatic carbocycles. The number of hydrogen-bond donors (Lipinski definition) is 3. The fourth-order valence-corrected chi connectivity index (χ4v) is 3.10. The number of aromatic nitrogens is 2. The molecule has 1 aromatic heterocycles. The zero-order chi connectivity index (χ0) is 12.2. The summed E-state index contributed by atoms with van der Waals surface area (Å²) in [5, 5.41) is 15.3. The molecule has 0 saturated carbocycles. The van der Waals surface area contributed by atoms with Crippen LogP contribution in [-0.2, 0) is 16.6 Å². The van der Waals surface area contributed by atoms with Crippen molar-refractivity contribution in [2.24, 2.45) is 0 Å². The second-order valence-corrected chi connectivity index (χ2v) is 5.86. The van der Waals surface area contributed by atoms with Crippen LogP contribution in [0.3, 0.4) is 0 Å². The highest BCUT2D eigenvalue weighted by molar-refractivity contribution is 7.98. The first kappa shape index (κ1) is 13.5. The van der Waals surface area contributed by atoms with E-state index in [0.29, 0.717) is 18.0 Å². The molecule has 8 heteroatoms. The van der Waals surface area contributed by atoms with Crippen molar-refractivity contribution in [1.29, 1.82) is 0 Å². The van der Waals surface area contributed by atoms with E-state index in [1.807, 2.05) is 6.26 Å². The molecule has 0 aliphatic carbocycles. The van der Waals surface area contributed by atoms with Crippen molar-refractivity contribution < 1.29 is 13.5 Å². The van der Waals surface area contributed by atoms with Crippen LogP contribution < -0.4 is 4.72 Å². The summed E-state index contributed by atoms with van der Waals surface area (Å²) in [4.78, 5) is 0.0519. The minimum Gasteiger partial charge on any atom is -0.390 e. The molecule has 0 aliphatic heterocycles. The lowest BCUT2D eigenvalue weighted by atomic mass is 10.4. The summed E-state index contributed by atoms with van der Waals surface area (Å²) in [5.41, 5.74) is 0.579. The third kappa shape index (κ3) is 2.97. The standard InChI is InChI=1S/C8H15N3O3S2/c1-6-8(7(5-12)11-10-6)16(13,14)9-3-4-15-2/h9,12H,3-5H2,1-2H3,(H,10,11). The van der Waals surface area contributed by atoms with Gasteiger partial charge in [0.05, 0.1) is 12.3 Å². The summed E-state index contributed by atoms with van der Waals surface area (Å²) < 4.78 is 26.2. The maximum Gasteiger partial charge on any atom is 0.244 e. The smallest absolute Gasteiger partial charge is 0.244 e. The summed E-state index contributed by atoms with van der Waals surface area (Å²) in [6.45, 7) is 1.57. The zero-order valence-electron chi connectivity index (χ0n) is 9.15. The summed E-state index contributed by atoms with van der Waals surface area (Å²) in [5.74, 6) is 0.699. The minimum atomic E-state index is -3.58. The Hall–Kier alpha value is -0.570. The fourth-order valence-electron chi connectivity index (χ4n) is 1.28. The molecule has 0 spiro atoms. The van der Waals surface area contributed by atoms with Gasteiger partial charge in [0.2, 0.25) is 10.0 Å². The van der Waals surface area contributed by atoms with Gasteiger partial charge in [-0.25, -0.2) is 13.1 Å².